The fourth-order valence-corrected chi connectivity index (χ4v) is 2.53. The fraction of sp³-hybridized carbons (Fsp3) is 0.261. The van der Waals surface area contributed by atoms with E-state index in [0.29, 0.717) is 5.56 Å². The second kappa shape index (κ2) is 8.46. The van der Waals surface area contributed by atoms with Crippen molar-refractivity contribution in [1.29, 1.82) is 5.26 Å². The third-order valence-electron chi connectivity index (χ3n) is 3.87. The minimum absolute atomic E-state index is 0.123. The topological polar surface area (TPSA) is 67.2 Å². The summed E-state index contributed by atoms with van der Waals surface area (Å²) < 4.78 is 5.48. The first-order valence-electron chi connectivity index (χ1n) is 8.73. The van der Waals surface area contributed by atoms with E-state index in [2.05, 4.69) is 6.07 Å². The first-order valence-corrected chi connectivity index (χ1v) is 8.73. The molecule has 0 N–H and O–H groups in total. The molecule has 1 atom stereocenters. The van der Waals surface area contributed by atoms with Gasteiger partial charge in [0.2, 0.25) is 0 Å². The van der Waals surface area contributed by atoms with Crippen molar-refractivity contribution in [3.05, 3.63) is 83.9 Å². The van der Waals surface area contributed by atoms with E-state index in [1.807, 2.05) is 36.4 Å². The molecule has 138 valence electrons. The number of hydrogen-bond donors (Lipinski definition) is 0. The Kier molecular flexibility index (Phi) is 6.31. The normalized spacial score (nSPS) is 13.6. The SMILES string of the molecule is CC(C)(C)OC(=O)[C@](C#N)(/C=C/C(=O)c1ccccc1)Cc1ccccc1. The van der Waals surface area contributed by atoms with Gasteiger partial charge >= 0.3 is 5.97 Å². The lowest BCUT2D eigenvalue weighted by molar-refractivity contribution is -0.161. The number of esters is 1. The zero-order valence-corrected chi connectivity index (χ0v) is 15.8. The molecule has 0 radical (unpaired) electrons. The van der Waals surface area contributed by atoms with Gasteiger partial charge in [-0.3, -0.25) is 4.79 Å². The minimum Gasteiger partial charge on any atom is -0.459 e. The van der Waals surface area contributed by atoms with E-state index in [4.69, 9.17) is 4.74 Å². The van der Waals surface area contributed by atoms with Crippen molar-refractivity contribution in [1.82, 2.24) is 0 Å². The molecular formula is C23H23NO3. The summed E-state index contributed by atoms with van der Waals surface area (Å²) in [7, 11) is 0. The van der Waals surface area contributed by atoms with Crippen LogP contribution in [0.2, 0.25) is 0 Å². The number of ether oxygens (including phenoxy) is 1. The predicted octanol–water partition coefficient (Wildman–Crippen LogP) is 4.52. The highest BCUT2D eigenvalue weighted by Crippen LogP contribution is 2.29. The second-order valence-electron chi connectivity index (χ2n) is 7.31. The van der Waals surface area contributed by atoms with Crippen LogP contribution >= 0.6 is 0 Å². The maximum atomic E-state index is 12.9. The van der Waals surface area contributed by atoms with Gasteiger partial charge < -0.3 is 4.74 Å². The zero-order valence-electron chi connectivity index (χ0n) is 15.8. The summed E-state index contributed by atoms with van der Waals surface area (Å²) in [5, 5.41) is 9.88. The van der Waals surface area contributed by atoms with Gasteiger partial charge in [0.1, 0.15) is 5.60 Å². The van der Waals surface area contributed by atoms with Crippen molar-refractivity contribution in [2.45, 2.75) is 32.8 Å². The summed E-state index contributed by atoms with van der Waals surface area (Å²) >= 11 is 0. The first-order chi connectivity index (χ1) is 12.8. The number of carbonyl (C=O) groups excluding carboxylic acids is 2. The molecule has 0 aliphatic carbocycles. The lowest BCUT2D eigenvalue weighted by Gasteiger charge is -2.27. The fourth-order valence-electron chi connectivity index (χ4n) is 2.53. The van der Waals surface area contributed by atoms with E-state index >= 15 is 0 Å². The molecule has 2 rings (SSSR count). The van der Waals surface area contributed by atoms with Crippen LogP contribution < -0.4 is 0 Å². The Morgan fingerprint density at radius 2 is 1.56 bits per heavy atom. The number of ketones is 1. The van der Waals surface area contributed by atoms with Crippen molar-refractivity contribution in [3.8, 4) is 6.07 Å². The molecule has 0 spiro atoms. The van der Waals surface area contributed by atoms with E-state index in [9.17, 15) is 14.9 Å². The number of allylic oxidation sites excluding steroid dienone is 1. The molecule has 27 heavy (non-hydrogen) atoms. The molecular weight excluding hydrogens is 338 g/mol. The highest BCUT2D eigenvalue weighted by atomic mass is 16.6. The van der Waals surface area contributed by atoms with Gasteiger partial charge in [0.05, 0.1) is 6.07 Å². The van der Waals surface area contributed by atoms with E-state index < -0.39 is 17.0 Å². The standard InChI is InChI=1S/C23H23NO3/c1-22(2,3)27-21(26)23(17-24,16-18-10-6-4-7-11-18)15-14-20(25)19-12-8-5-9-13-19/h4-15H,16H2,1-3H3/b15-14+/t23-/m1/s1. The molecule has 4 nitrogen and oxygen atoms in total. The van der Waals surface area contributed by atoms with Crippen LogP contribution in [-0.2, 0) is 16.0 Å². The van der Waals surface area contributed by atoms with Crippen molar-refractivity contribution in [2.24, 2.45) is 5.41 Å². The Balaban J connectivity index is 2.38. The molecule has 0 unspecified atom stereocenters. The average Bonchev–Trinajstić information content (AvgIpc) is 2.65. The summed E-state index contributed by atoms with van der Waals surface area (Å²) in [6.07, 6.45) is 2.77. The number of hydrogen-bond acceptors (Lipinski definition) is 4. The Hall–Kier alpha value is -3.19. The summed E-state index contributed by atoms with van der Waals surface area (Å²) in [5.74, 6) is -0.940. The molecule has 4 heteroatoms. The Bertz CT molecular complexity index is 858. The minimum atomic E-state index is -1.58. The molecule has 0 saturated heterocycles. The van der Waals surface area contributed by atoms with Crippen LogP contribution in [0.3, 0.4) is 0 Å². The van der Waals surface area contributed by atoms with Crippen LogP contribution in [0, 0.1) is 16.7 Å². The van der Waals surface area contributed by atoms with Crippen LogP contribution in [0.1, 0.15) is 36.7 Å². The van der Waals surface area contributed by atoms with Gasteiger partial charge in [-0.2, -0.15) is 5.26 Å². The van der Waals surface area contributed by atoms with Gasteiger partial charge in [-0.05, 0) is 38.5 Å². The summed E-state index contributed by atoms with van der Waals surface area (Å²) in [5.41, 5.74) is -1.03. The van der Waals surface area contributed by atoms with Gasteiger partial charge in [0, 0.05) is 12.0 Å². The summed E-state index contributed by atoms with van der Waals surface area (Å²) in [4.78, 5) is 25.3. The van der Waals surface area contributed by atoms with E-state index in [0.717, 1.165) is 5.56 Å². The Morgan fingerprint density at radius 1 is 1.00 bits per heavy atom. The molecule has 2 aromatic carbocycles. The van der Waals surface area contributed by atoms with Crippen molar-refractivity contribution >= 4 is 11.8 Å². The molecule has 2 aromatic rings. The lowest BCUT2D eigenvalue weighted by atomic mass is 9.82. The van der Waals surface area contributed by atoms with Crippen LogP contribution in [0.5, 0.6) is 0 Å². The number of nitriles is 1. The lowest BCUT2D eigenvalue weighted by Crippen LogP contribution is -2.37. The Morgan fingerprint density at radius 3 is 2.07 bits per heavy atom. The van der Waals surface area contributed by atoms with Crippen LogP contribution in [0.4, 0.5) is 0 Å². The third-order valence-corrected chi connectivity index (χ3v) is 3.87. The number of benzene rings is 2. The quantitative estimate of drug-likeness (QED) is 0.431. The largest absolute Gasteiger partial charge is 0.459 e. The molecule has 0 fully saturated rings. The number of rotatable bonds is 6. The van der Waals surface area contributed by atoms with Gasteiger partial charge in [-0.1, -0.05) is 60.7 Å². The van der Waals surface area contributed by atoms with Crippen LogP contribution in [0.15, 0.2) is 72.8 Å². The van der Waals surface area contributed by atoms with E-state index in [1.54, 1.807) is 45.0 Å². The predicted molar refractivity (Wildman–Crippen MR) is 104 cm³/mol. The van der Waals surface area contributed by atoms with Gasteiger partial charge in [0.25, 0.3) is 0 Å². The van der Waals surface area contributed by atoms with Gasteiger partial charge in [-0.25, -0.2) is 4.79 Å². The monoisotopic (exact) mass is 361 g/mol. The third kappa shape index (κ3) is 5.65. The van der Waals surface area contributed by atoms with E-state index in [1.165, 1.54) is 12.2 Å². The molecule has 0 heterocycles. The van der Waals surface area contributed by atoms with Crippen molar-refractivity contribution in [3.63, 3.8) is 0 Å². The van der Waals surface area contributed by atoms with Crippen molar-refractivity contribution in [2.75, 3.05) is 0 Å². The summed E-state index contributed by atoms with van der Waals surface area (Å²) in [6, 6.07) is 20.0. The van der Waals surface area contributed by atoms with Crippen LogP contribution in [-0.4, -0.2) is 17.4 Å². The zero-order chi connectivity index (χ0) is 19.9. The molecule has 0 amide bonds. The highest BCUT2D eigenvalue weighted by Gasteiger charge is 2.40. The van der Waals surface area contributed by atoms with Gasteiger partial charge in [-0.15, -0.1) is 0 Å². The second-order valence-corrected chi connectivity index (χ2v) is 7.31. The highest BCUT2D eigenvalue weighted by molar-refractivity contribution is 6.05. The maximum Gasteiger partial charge on any atom is 0.331 e. The van der Waals surface area contributed by atoms with Crippen LogP contribution in [0.25, 0.3) is 0 Å². The molecule has 0 aromatic heterocycles. The smallest absolute Gasteiger partial charge is 0.331 e. The molecule has 0 aliphatic rings. The number of nitrogens with zero attached hydrogens (tertiary/aromatic N) is 1. The average molecular weight is 361 g/mol. The Labute approximate surface area is 160 Å². The molecule has 0 aliphatic heterocycles. The molecule has 0 bridgehead atoms. The summed E-state index contributed by atoms with van der Waals surface area (Å²) in [6.45, 7) is 5.23. The maximum absolute atomic E-state index is 12.9. The van der Waals surface area contributed by atoms with Gasteiger partial charge in [0.15, 0.2) is 11.2 Å². The first kappa shape index (κ1) is 20.1. The van der Waals surface area contributed by atoms with Crippen molar-refractivity contribution < 1.29 is 14.3 Å². The number of carbonyl (C=O) groups is 2. The molecule has 0 saturated carbocycles. The van der Waals surface area contributed by atoms with E-state index in [-0.39, 0.29) is 12.2 Å².